The number of piperidine rings is 2. The van der Waals surface area contributed by atoms with Crippen LogP contribution in [0, 0.1) is 16.7 Å². The fourth-order valence-electron chi connectivity index (χ4n) is 4.54. The highest BCUT2D eigenvalue weighted by molar-refractivity contribution is 5.94. The molecule has 0 N–H and O–H groups in total. The minimum Gasteiger partial charge on any atom is -0.338 e. The van der Waals surface area contributed by atoms with Crippen molar-refractivity contribution < 1.29 is 9.59 Å². The summed E-state index contributed by atoms with van der Waals surface area (Å²) in [6.45, 7) is 2.68. The Morgan fingerprint density at radius 1 is 1.10 bits per heavy atom. The van der Waals surface area contributed by atoms with E-state index in [2.05, 4.69) is 11.1 Å². The Balaban J connectivity index is 1.48. The molecule has 0 unspecified atom stereocenters. The topological polar surface area (TPSA) is 77.3 Å². The Hall–Kier alpha value is -3.20. The smallest absolute Gasteiger partial charge is 0.253 e. The van der Waals surface area contributed by atoms with E-state index in [-0.39, 0.29) is 17.2 Å². The van der Waals surface area contributed by atoms with Crippen LogP contribution in [-0.2, 0) is 11.3 Å². The molecule has 0 aliphatic carbocycles. The maximum Gasteiger partial charge on any atom is 0.253 e. The van der Waals surface area contributed by atoms with Gasteiger partial charge in [0.2, 0.25) is 5.91 Å². The van der Waals surface area contributed by atoms with E-state index in [1.807, 2.05) is 21.9 Å². The number of carbonyl (C=O) groups excluding carboxylic acids is 2. The van der Waals surface area contributed by atoms with Crippen LogP contribution in [0.25, 0.3) is 0 Å². The fourth-order valence-corrected chi connectivity index (χ4v) is 4.54. The molecule has 6 heteroatoms. The number of hydrogen-bond donors (Lipinski definition) is 0. The number of amides is 2. The monoisotopic (exact) mass is 388 g/mol. The van der Waals surface area contributed by atoms with E-state index in [0.717, 1.165) is 31.4 Å². The summed E-state index contributed by atoms with van der Waals surface area (Å²) in [5.41, 5.74) is 2.20. The van der Waals surface area contributed by atoms with Crippen LogP contribution in [-0.4, -0.2) is 46.2 Å². The summed E-state index contributed by atoms with van der Waals surface area (Å²) in [4.78, 5) is 33.4. The quantitative estimate of drug-likeness (QED) is 0.810. The maximum absolute atomic E-state index is 13.0. The SMILES string of the molecule is N#Cc1ccc(C(=O)N2CCC[C@@]3(CCC(=O)N(Cc4ccncc4)C3)C2)cc1. The molecule has 1 atom stereocenters. The van der Waals surface area contributed by atoms with E-state index in [9.17, 15) is 9.59 Å². The lowest BCUT2D eigenvalue weighted by Crippen LogP contribution is -2.54. The first-order valence-electron chi connectivity index (χ1n) is 10.0. The predicted molar refractivity (Wildman–Crippen MR) is 108 cm³/mol. The summed E-state index contributed by atoms with van der Waals surface area (Å²) in [5.74, 6) is 0.189. The lowest BCUT2D eigenvalue weighted by molar-refractivity contribution is -0.139. The average Bonchev–Trinajstić information content (AvgIpc) is 2.77. The third-order valence-corrected chi connectivity index (χ3v) is 6.08. The second-order valence-corrected chi connectivity index (χ2v) is 8.12. The van der Waals surface area contributed by atoms with Crippen LogP contribution < -0.4 is 0 Å². The van der Waals surface area contributed by atoms with Crippen LogP contribution in [0.5, 0.6) is 0 Å². The Kier molecular flexibility index (Phi) is 5.30. The van der Waals surface area contributed by atoms with Gasteiger partial charge < -0.3 is 9.80 Å². The molecular weight excluding hydrogens is 364 g/mol. The highest BCUT2D eigenvalue weighted by Gasteiger charge is 2.42. The zero-order chi connectivity index (χ0) is 20.3. The van der Waals surface area contributed by atoms with E-state index in [1.54, 1.807) is 36.7 Å². The van der Waals surface area contributed by atoms with Gasteiger partial charge in [-0.2, -0.15) is 5.26 Å². The fraction of sp³-hybridized carbons (Fsp3) is 0.391. The molecule has 2 aliphatic rings. The number of hydrogen-bond acceptors (Lipinski definition) is 4. The number of aromatic nitrogens is 1. The van der Waals surface area contributed by atoms with Gasteiger partial charge in [0.15, 0.2) is 0 Å². The van der Waals surface area contributed by atoms with E-state index in [0.29, 0.717) is 37.2 Å². The summed E-state index contributed by atoms with van der Waals surface area (Å²) in [7, 11) is 0. The number of nitrogens with zero attached hydrogens (tertiary/aromatic N) is 4. The number of likely N-dealkylation sites (tertiary alicyclic amines) is 2. The average molecular weight is 388 g/mol. The third kappa shape index (κ3) is 4.14. The molecule has 4 rings (SSSR count). The molecule has 148 valence electrons. The van der Waals surface area contributed by atoms with E-state index < -0.39 is 0 Å². The van der Waals surface area contributed by atoms with Crippen molar-refractivity contribution in [2.45, 2.75) is 32.2 Å². The van der Waals surface area contributed by atoms with Crippen molar-refractivity contribution >= 4 is 11.8 Å². The van der Waals surface area contributed by atoms with E-state index in [1.165, 1.54) is 0 Å². The summed E-state index contributed by atoms with van der Waals surface area (Å²) < 4.78 is 0. The highest BCUT2D eigenvalue weighted by Crippen LogP contribution is 2.39. The van der Waals surface area contributed by atoms with Gasteiger partial charge in [-0.05, 0) is 61.2 Å². The molecule has 0 saturated carbocycles. The molecule has 6 nitrogen and oxygen atoms in total. The van der Waals surface area contributed by atoms with Gasteiger partial charge in [-0.1, -0.05) is 0 Å². The minimum atomic E-state index is -0.0402. The molecule has 29 heavy (non-hydrogen) atoms. The second-order valence-electron chi connectivity index (χ2n) is 8.12. The van der Waals surface area contributed by atoms with Crippen LogP contribution in [0.3, 0.4) is 0 Å². The van der Waals surface area contributed by atoms with Crippen LogP contribution >= 0.6 is 0 Å². The first kappa shape index (κ1) is 19.1. The molecule has 2 aliphatic heterocycles. The van der Waals surface area contributed by atoms with Crippen molar-refractivity contribution in [1.29, 1.82) is 5.26 Å². The molecule has 2 fully saturated rings. The van der Waals surface area contributed by atoms with E-state index >= 15 is 0 Å². The van der Waals surface area contributed by atoms with Crippen LogP contribution in [0.4, 0.5) is 0 Å². The maximum atomic E-state index is 13.0. The molecular formula is C23H24N4O2. The molecule has 2 amide bonds. The number of benzene rings is 1. The van der Waals surface area contributed by atoms with Crippen molar-refractivity contribution in [3.05, 3.63) is 65.5 Å². The van der Waals surface area contributed by atoms with Gasteiger partial charge in [-0.25, -0.2) is 0 Å². The normalized spacial score (nSPS) is 21.8. The van der Waals surface area contributed by atoms with Crippen molar-refractivity contribution in [2.24, 2.45) is 5.41 Å². The number of carbonyl (C=O) groups is 2. The highest BCUT2D eigenvalue weighted by atomic mass is 16.2. The number of rotatable bonds is 3. The van der Waals surface area contributed by atoms with Gasteiger partial charge in [-0.15, -0.1) is 0 Å². The molecule has 2 aromatic rings. The Morgan fingerprint density at radius 2 is 1.86 bits per heavy atom. The van der Waals surface area contributed by atoms with Crippen LogP contribution in [0.2, 0.25) is 0 Å². The van der Waals surface area contributed by atoms with Crippen molar-refractivity contribution in [3.63, 3.8) is 0 Å². The third-order valence-electron chi connectivity index (χ3n) is 6.08. The van der Waals surface area contributed by atoms with Crippen molar-refractivity contribution in [1.82, 2.24) is 14.8 Å². The predicted octanol–water partition coefficient (Wildman–Crippen LogP) is 3.00. The number of pyridine rings is 1. The minimum absolute atomic E-state index is 0.00569. The summed E-state index contributed by atoms with van der Waals surface area (Å²) in [5, 5.41) is 8.95. The first-order valence-corrected chi connectivity index (χ1v) is 10.0. The number of nitriles is 1. The van der Waals surface area contributed by atoms with Gasteiger partial charge in [0, 0.05) is 56.0 Å². The van der Waals surface area contributed by atoms with Gasteiger partial charge in [0.1, 0.15) is 0 Å². The summed E-state index contributed by atoms with van der Waals surface area (Å²) >= 11 is 0. The molecule has 0 bridgehead atoms. The van der Waals surface area contributed by atoms with Crippen molar-refractivity contribution in [3.8, 4) is 6.07 Å². The first-order chi connectivity index (χ1) is 14.1. The summed E-state index contributed by atoms with van der Waals surface area (Å²) in [6, 6.07) is 12.8. The lowest BCUT2D eigenvalue weighted by Gasteiger charge is -2.48. The standard InChI is InChI=1S/C23H24N4O2/c24-14-18-2-4-20(5-3-18)22(29)26-13-1-9-23(16-26)10-6-21(28)27(17-23)15-19-7-11-25-12-8-19/h2-5,7-8,11-12H,1,6,9-10,13,15-17H2/t23-/m1/s1. The largest absolute Gasteiger partial charge is 0.338 e. The Bertz CT molecular complexity index is 936. The second kappa shape index (κ2) is 8.04. The zero-order valence-electron chi connectivity index (χ0n) is 16.4. The molecule has 1 aromatic heterocycles. The molecule has 3 heterocycles. The molecule has 1 aromatic carbocycles. The Morgan fingerprint density at radius 3 is 2.59 bits per heavy atom. The molecule has 1 spiro atoms. The van der Waals surface area contributed by atoms with Crippen molar-refractivity contribution in [2.75, 3.05) is 19.6 Å². The van der Waals surface area contributed by atoms with Gasteiger partial charge in [-0.3, -0.25) is 14.6 Å². The molecule has 2 saturated heterocycles. The van der Waals surface area contributed by atoms with Gasteiger partial charge in [0.25, 0.3) is 5.91 Å². The lowest BCUT2D eigenvalue weighted by atomic mass is 9.73. The van der Waals surface area contributed by atoms with Crippen LogP contribution in [0.1, 0.15) is 47.2 Å². The summed E-state index contributed by atoms with van der Waals surface area (Å²) in [6.07, 6.45) is 6.83. The van der Waals surface area contributed by atoms with E-state index in [4.69, 9.17) is 5.26 Å². The Labute approximate surface area is 170 Å². The zero-order valence-corrected chi connectivity index (χ0v) is 16.4. The van der Waals surface area contributed by atoms with Gasteiger partial charge >= 0.3 is 0 Å². The van der Waals surface area contributed by atoms with Gasteiger partial charge in [0.05, 0.1) is 11.6 Å². The molecule has 0 radical (unpaired) electrons. The van der Waals surface area contributed by atoms with Crippen LogP contribution in [0.15, 0.2) is 48.8 Å².